The fourth-order valence-electron chi connectivity index (χ4n) is 4.70. The van der Waals surface area contributed by atoms with Crippen molar-refractivity contribution in [3.63, 3.8) is 0 Å². The summed E-state index contributed by atoms with van der Waals surface area (Å²) in [5.74, 6) is -0.121. The number of benzene rings is 4. The predicted octanol–water partition coefficient (Wildman–Crippen LogP) is 5.24. The number of nitrogens with one attached hydrogen (secondary N) is 1. The van der Waals surface area contributed by atoms with E-state index in [1.807, 2.05) is 18.2 Å². The Morgan fingerprint density at radius 1 is 0.789 bits per heavy atom. The molecule has 0 heterocycles. The lowest BCUT2D eigenvalue weighted by atomic mass is 9.80. The fraction of sp³-hybridized carbons (Fsp3) is 0.242. The molecular weight excluding hydrogens is 472 g/mol. The largest absolute Gasteiger partial charge is 0.392 e. The van der Waals surface area contributed by atoms with Crippen molar-refractivity contribution in [3.05, 3.63) is 143 Å². The van der Waals surface area contributed by atoms with Gasteiger partial charge in [-0.15, -0.1) is 0 Å². The van der Waals surface area contributed by atoms with Crippen LogP contribution in [0.15, 0.2) is 115 Å². The summed E-state index contributed by atoms with van der Waals surface area (Å²) in [4.78, 5) is 14.6. The topological polar surface area (TPSA) is 61.8 Å². The number of carbonyl (C=O) groups is 1. The summed E-state index contributed by atoms with van der Waals surface area (Å²) >= 11 is 0. The fourth-order valence-corrected chi connectivity index (χ4v) is 4.70. The first kappa shape index (κ1) is 27.3. The van der Waals surface area contributed by atoms with Crippen LogP contribution in [0.2, 0.25) is 0 Å². The first-order valence-electron chi connectivity index (χ1n) is 13.1. The third kappa shape index (κ3) is 6.75. The molecule has 0 atom stereocenters. The van der Waals surface area contributed by atoms with E-state index in [0.29, 0.717) is 18.7 Å². The van der Waals surface area contributed by atoms with Crippen LogP contribution in [0.1, 0.15) is 39.0 Å². The number of ether oxygens (including phenoxy) is 1. The van der Waals surface area contributed by atoms with E-state index in [0.717, 1.165) is 41.8 Å². The number of rotatable bonds is 13. The standard InChI is InChI=1S/C33H36N2O3/c1-35(22-12-21-34-32(37)28-14-11-13-27(25-28)26-36)23-24-38-33(29-15-5-2-6-16-29,30-17-7-3-8-18-30)31-19-9-4-10-20-31/h2-11,13-20,25,36H,12,21-24,26H2,1H3,(H,34,37). The van der Waals surface area contributed by atoms with E-state index in [1.165, 1.54) is 0 Å². The summed E-state index contributed by atoms with van der Waals surface area (Å²) in [7, 11) is 2.07. The Labute approximate surface area is 225 Å². The van der Waals surface area contributed by atoms with Crippen molar-refractivity contribution < 1.29 is 14.6 Å². The highest BCUT2D eigenvalue weighted by atomic mass is 16.5. The first-order chi connectivity index (χ1) is 18.6. The highest BCUT2D eigenvalue weighted by molar-refractivity contribution is 5.94. The van der Waals surface area contributed by atoms with Gasteiger partial charge in [0.2, 0.25) is 0 Å². The number of hydrogen-bond acceptors (Lipinski definition) is 4. The smallest absolute Gasteiger partial charge is 0.251 e. The van der Waals surface area contributed by atoms with Gasteiger partial charge >= 0.3 is 0 Å². The quantitative estimate of drug-likeness (QED) is 0.192. The Morgan fingerprint density at radius 2 is 1.34 bits per heavy atom. The van der Waals surface area contributed by atoms with Crippen molar-refractivity contribution >= 4 is 5.91 Å². The molecule has 4 rings (SSSR count). The highest BCUT2D eigenvalue weighted by Crippen LogP contribution is 2.40. The van der Waals surface area contributed by atoms with Gasteiger partial charge in [-0.3, -0.25) is 4.79 Å². The Balaban J connectivity index is 1.38. The molecule has 0 aliphatic carbocycles. The van der Waals surface area contributed by atoms with E-state index in [1.54, 1.807) is 24.3 Å². The van der Waals surface area contributed by atoms with Crippen LogP contribution in [0, 0.1) is 0 Å². The zero-order valence-corrected chi connectivity index (χ0v) is 21.9. The minimum atomic E-state index is -0.721. The second kappa shape index (κ2) is 13.7. The molecule has 5 heteroatoms. The summed E-state index contributed by atoms with van der Waals surface area (Å²) in [5.41, 5.74) is 3.85. The van der Waals surface area contributed by atoms with E-state index in [2.05, 4.69) is 90.1 Å². The lowest BCUT2D eigenvalue weighted by molar-refractivity contribution is 0.00364. The first-order valence-corrected chi connectivity index (χ1v) is 13.1. The van der Waals surface area contributed by atoms with Gasteiger partial charge in [-0.25, -0.2) is 0 Å². The molecule has 5 nitrogen and oxygen atoms in total. The van der Waals surface area contributed by atoms with Crippen molar-refractivity contribution in [1.82, 2.24) is 10.2 Å². The molecule has 0 aromatic heterocycles. The van der Waals surface area contributed by atoms with E-state index < -0.39 is 5.60 Å². The number of nitrogens with zero attached hydrogens (tertiary/aromatic N) is 1. The van der Waals surface area contributed by atoms with Gasteiger partial charge in [0.15, 0.2) is 0 Å². The molecule has 0 bridgehead atoms. The summed E-state index contributed by atoms with van der Waals surface area (Å²) in [6.45, 7) is 2.62. The van der Waals surface area contributed by atoms with Crippen LogP contribution in [-0.4, -0.2) is 49.2 Å². The normalized spacial score (nSPS) is 11.4. The molecule has 0 fully saturated rings. The minimum Gasteiger partial charge on any atom is -0.392 e. The van der Waals surface area contributed by atoms with Gasteiger partial charge in [0.1, 0.15) is 5.60 Å². The van der Waals surface area contributed by atoms with Crippen LogP contribution in [0.4, 0.5) is 0 Å². The van der Waals surface area contributed by atoms with Crippen LogP contribution in [-0.2, 0) is 16.9 Å². The third-order valence-electron chi connectivity index (χ3n) is 6.71. The van der Waals surface area contributed by atoms with Gasteiger partial charge in [-0.1, -0.05) is 103 Å². The van der Waals surface area contributed by atoms with Crippen molar-refractivity contribution in [1.29, 1.82) is 0 Å². The lowest BCUT2D eigenvalue weighted by Gasteiger charge is -2.36. The molecule has 4 aromatic carbocycles. The maximum atomic E-state index is 12.4. The second-order valence-corrected chi connectivity index (χ2v) is 9.40. The lowest BCUT2D eigenvalue weighted by Crippen LogP contribution is -2.36. The molecule has 0 saturated heterocycles. The maximum Gasteiger partial charge on any atom is 0.251 e. The van der Waals surface area contributed by atoms with Crippen molar-refractivity contribution in [3.8, 4) is 0 Å². The zero-order valence-electron chi connectivity index (χ0n) is 21.9. The average molecular weight is 509 g/mol. The molecule has 196 valence electrons. The predicted molar refractivity (Wildman–Crippen MR) is 152 cm³/mol. The summed E-state index contributed by atoms with van der Waals surface area (Å²) < 4.78 is 6.85. The number of amides is 1. The Kier molecular flexibility index (Phi) is 9.82. The number of hydrogen-bond donors (Lipinski definition) is 2. The molecule has 1 amide bonds. The van der Waals surface area contributed by atoms with E-state index in [-0.39, 0.29) is 12.5 Å². The van der Waals surface area contributed by atoms with Crippen molar-refractivity contribution in [2.45, 2.75) is 18.6 Å². The molecule has 0 radical (unpaired) electrons. The number of likely N-dealkylation sites (N-methyl/N-ethyl adjacent to an activating group) is 1. The van der Waals surface area contributed by atoms with Crippen LogP contribution in [0.25, 0.3) is 0 Å². The van der Waals surface area contributed by atoms with Gasteiger partial charge in [-0.2, -0.15) is 0 Å². The molecular formula is C33H36N2O3. The zero-order chi connectivity index (χ0) is 26.6. The van der Waals surface area contributed by atoms with E-state index in [9.17, 15) is 9.90 Å². The average Bonchev–Trinajstić information content (AvgIpc) is 2.99. The Hall–Kier alpha value is -3.77. The Bertz CT molecular complexity index is 1170. The molecule has 38 heavy (non-hydrogen) atoms. The van der Waals surface area contributed by atoms with Gasteiger partial charge in [0, 0.05) is 18.7 Å². The molecule has 0 saturated carbocycles. The second-order valence-electron chi connectivity index (χ2n) is 9.40. The molecule has 4 aromatic rings. The van der Waals surface area contributed by atoms with Crippen LogP contribution in [0.5, 0.6) is 0 Å². The Morgan fingerprint density at radius 3 is 1.87 bits per heavy atom. The monoisotopic (exact) mass is 508 g/mol. The molecule has 0 spiro atoms. The maximum absolute atomic E-state index is 12.4. The number of aliphatic hydroxyl groups is 1. The molecule has 0 unspecified atom stereocenters. The van der Waals surface area contributed by atoms with Crippen LogP contribution < -0.4 is 5.32 Å². The van der Waals surface area contributed by atoms with Gasteiger partial charge in [-0.05, 0) is 54.4 Å². The SMILES string of the molecule is CN(CCCNC(=O)c1cccc(CO)c1)CCOC(c1ccccc1)(c1ccccc1)c1ccccc1. The molecule has 2 N–H and O–H groups in total. The summed E-state index contributed by atoms with van der Waals surface area (Å²) in [6, 6.07) is 38.2. The van der Waals surface area contributed by atoms with E-state index >= 15 is 0 Å². The van der Waals surface area contributed by atoms with Crippen LogP contribution >= 0.6 is 0 Å². The van der Waals surface area contributed by atoms with Crippen molar-refractivity contribution in [2.75, 3.05) is 33.3 Å². The molecule has 0 aliphatic rings. The summed E-state index contributed by atoms with van der Waals surface area (Å²) in [5, 5.41) is 12.3. The minimum absolute atomic E-state index is 0.0753. The van der Waals surface area contributed by atoms with E-state index in [4.69, 9.17) is 4.74 Å². The number of carbonyl (C=O) groups excluding carboxylic acids is 1. The van der Waals surface area contributed by atoms with Crippen LogP contribution in [0.3, 0.4) is 0 Å². The highest BCUT2D eigenvalue weighted by Gasteiger charge is 2.37. The third-order valence-corrected chi connectivity index (χ3v) is 6.71. The van der Waals surface area contributed by atoms with Gasteiger partial charge < -0.3 is 20.1 Å². The van der Waals surface area contributed by atoms with Crippen molar-refractivity contribution in [2.24, 2.45) is 0 Å². The van der Waals surface area contributed by atoms with Gasteiger partial charge in [0.25, 0.3) is 5.91 Å². The molecule has 0 aliphatic heterocycles. The summed E-state index contributed by atoms with van der Waals surface area (Å²) in [6.07, 6.45) is 0.823. The van der Waals surface area contributed by atoms with Gasteiger partial charge in [0.05, 0.1) is 13.2 Å². The number of aliphatic hydroxyl groups excluding tert-OH is 1.